The molecule has 2 rings (SSSR count). The lowest BCUT2D eigenvalue weighted by Crippen LogP contribution is -2.24. The minimum absolute atomic E-state index is 0.188. The highest BCUT2D eigenvalue weighted by molar-refractivity contribution is 8.68. The van der Waals surface area contributed by atoms with Crippen LogP contribution in [0, 0.1) is 0 Å². The molecule has 118 valence electrons. The smallest absolute Gasteiger partial charge is 0.297 e. The third-order valence-corrected chi connectivity index (χ3v) is 8.43. The standard InChI is InChI=1S/C15H23O3PS2/c1-5-10-21-19(20,16-6-2)18-13-9-7-8-12-11-15(3,4)17-14(12)13/h7-9H,5-6,10-11H2,1-4H3. The van der Waals surface area contributed by atoms with Crippen LogP contribution in [0.25, 0.3) is 0 Å². The van der Waals surface area contributed by atoms with Gasteiger partial charge in [-0.05, 0) is 45.1 Å². The fourth-order valence-corrected chi connectivity index (χ4v) is 6.90. The lowest BCUT2D eigenvalue weighted by atomic mass is 10.0. The van der Waals surface area contributed by atoms with Crippen LogP contribution < -0.4 is 9.26 Å². The van der Waals surface area contributed by atoms with Crippen molar-refractivity contribution in [2.24, 2.45) is 0 Å². The van der Waals surface area contributed by atoms with E-state index in [1.807, 2.05) is 19.1 Å². The van der Waals surface area contributed by atoms with Gasteiger partial charge < -0.3 is 13.8 Å². The van der Waals surface area contributed by atoms with Crippen LogP contribution >= 0.6 is 17.1 Å². The van der Waals surface area contributed by atoms with Crippen molar-refractivity contribution in [1.29, 1.82) is 0 Å². The second kappa shape index (κ2) is 6.91. The highest BCUT2D eigenvalue weighted by atomic mass is 32.9. The Balaban J connectivity index is 2.23. The van der Waals surface area contributed by atoms with E-state index in [2.05, 4.69) is 26.8 Å². The molecule has 1 heterocycles. The summed E-state index contributed by atoms with van der Waals surface area (Å²) >= 11 is 7.27. The molecule has 0 fully saturated rings. The molecule has 0 spiro atoms. The molecule has 0 bridgehead atoms. The molecule has 1 atom stereocenters. The predicted molar refractivity (Wildman–Crippen MR) is 94.1 cm³/mol. The third-order valence-electron chi connectivity index (χ3n) is 3.01. The largest absolute Gasteiger partial charge is 0.483 e. The molecule has 0 aliphatic carbocycles. The van der Waals surface area contributed by atoms with E-state index >= 15 is 0 Å². The molecule has 1 unspecified atom stereocenters. The molecule has 0 saturated carbocycles. The summed E-state index contributed by atoms with van der Waals surface area (Å²) in [5, 5.41) is 0. The molecule has 1 aliphatic heterocycles. The average molecular weight is 346 g/mol. The third kappa shape index (κ3) is 4.38. The topological polar surface area (TPSA) is 27.7 Å². The number of hydrogen-bond acceptors (Lipinski definition) is 5. The lowest BCUT2D eigenvalue weighted by Gasteiger charge is -2.23. The van der Waals surface area contributed by atoms with Crippen LogP contribution in [0.1, 0.15) is 39.7 Å². The van der Waals surface area contributed by atoms with Crippen LogP contribution in [0.3, 0.4) is 0 Å². The zero-order chi connectivity index (χ0) is 15.5. The molecule has 1 aromatic rings. The number of rotatable bonds is 7. The first-order valence-electron chi connectivity index (χ1n) is 7.29. The number of ether oxygens (including phenoxy) is 1. The fourth-order valence-electron chi connectivity index (χ4n) is 2.23. The highest BCUT2D eigenvalue weighted by Gasteiger charge is 2.34. The van der Waals surface area contributed by atoms with E-state index in [1.165, 1.54) is 5.56 Å². The van der Waals surface area contributed by atoms with Crippen LogP contribution in [0.2, 0.25) is 0 Å². The number of para-hydroxylation sites is 1. The lowest BCUT2D eigenvalue weighted by molar-refractivity contribution is 0.135. The maximum Gasteiger partial charge on any atom is 0.297 e. The van der Waals surface area contributed by atoms with Crippen molar-refractivity contribution in [3.63, 3.8) is 0 Å². The monoisotopic (exact) mass is 346 g/mol. The van der Waals surface area contributed by atoms with E-state index in [0.29, 0.717) is 6.61 Å². The Labute approximate surface area is 136 Å². The maximum absolute atomic E-state index is 6.12. The van der Waals surface area contributed by atoms with Gasteiger partial charge in [0.2, 0.25) is 0 Å². The van der Waals surface area contributed by atoms with Gasteiger partial charge in [-0.25, -0.2) is 0 Å². The van der Waals surface area contributed by atoms with Crippen molar-refractivity contribution in [1.82, 2.24) is 0 Å². The molecule has 0 saturated heterocycles. The van der Waals surface area contributed by atoms with Gasteiger partial charge in [0.1, 0.15) is 5.60 Å². The first kappa shape index (κ1) is 17.1. The maximum atomic E-state index is 6.12. The van der Waals surface area contributed by atoms with Crippen molar-refractivity contribution >= 4 is 28.9 Å². The zero-order valence-electron chi connectivity index (χ0n) is 13.0. The first-order valence-corrected chi connectivity index (χ1v) is 11.5. The Bertz CT molecular complexity index is 546. The molecule has 0 aromatic heterocycles. The van der Waals surface area contributed by atoms with Gasteiger partial charge in [-0.15, -0.1) is 0 Å². The van der Waals surface area contributed by atoms with E-state index in [9.17, 15) is 0 Å². The van der Waals surface area contributed by atoms with E-state index < -0.39 is 5.69 Å². The molecule has 0 radical (unpaired) electrons. The normalized spacial score (nSPS) is 18.7. The van der Waals surface area contributed by atoms with Crippen molar-refractivity contribution in [2.45, 2.75) is 46.1 Å². The summed E-state index contributed by atoms with van der Waals surface area (Å²) in [5.41, 5.74) is -1.37. The van der Waals surface area contributed by atoms with Gasteiger partial charge in [0.25, 0.3) is 5.69 Å². The van der Waals surface area contributed by atoms with E-state index in [4.69, 9.17) is 25.6 Å². The molecule has 0 N–H and O–H groups in total. The molecule has 3 nitrogen and oxygen atoms in total. The van der Waals surface area contributed by atoms with Gasteiger partial charge in [-0.1, -0.05) is 30.4 Å². The highest BCUT2D eigenvalue weighted by Crippen LogP contribution is 2.62. The van der Waals surface area contributed by atoms with E-state index in [0.717, 1.165) is 30.1 Å². The van der Waals surface area contributed by atoms with E-state index in [1.54, 1.807) is 11.4 Å². The van der Waals surface area contributed by atoms with Crippen molar-refractivity contribution < 1.29 is 13.8 Å². The molecule has 0 amide bonds. The van der Waals surface area contributed by atoms with Gasteiger partial charge >= 0.3 is 0 Å². The van der Waals surface area contributed by atoms with Gasteiger partial charge in [0.15, 0.2) is 11.5 Å². The molecular weight excluding hydrogens is 323 g/mol. The van der Waals surface area contributed by atoms with Crippen molar-refractivity contribution in [2.75, 3.05) is 12.4 Å². The first-order chi connectivity index (χ1) is 9.89. The van der Waals surface area contributed by atoms with Gasteiger partial charge in [-0.2, -0.15) is 0 Å². The number of benzene rings is 1. The van der Waals surface area contributed by atoms with E-state index in [-0.39, 0.29) is 5.60 Å². The summed E-state index contributed by atoms with van der Waals surface area (Å²) in [6.07, 6.45) is 1.94. The summed E-state index contributed by atoms with van der Waals surface area (Å²) in [6, 6.07) is 6.00. The Morgan fingerprint density at radius 3 is 2.81 bits per heavy atom. The van der Waals surface area contributed by atoms with Gasteiger partial charge in [-0.3, -0.25) is 0 Å². The van der Waals surface area contributed by atoms with Gasteiger partial charge in [0, 0.05) is 17.7 Å². The summed E-state index contributed by atoms with van der Waals surface area (Å²) in [7, 11) is 0. The van der Waals surface area contributed by atoms with Gasteiger partial charge in [0.05, 0.1) is 6.61 Å². The van der Waals surface area contributed by atoms with Crippen LogP contribution in [-0.2, 0) is 22.8 Å². The SMILES string of the molecule is CCCSP(=S)(OCC)Oc1cccc2c1OC(C)(C)C2. The summed E-state index contributed by atoms with van der Waals surface area (Å²) in [4.78, 5) is 0. The van der Waals surface area contributed by atoms with Crippen LogP contribution in [0.4, 0.5) is 0 Å². The Hall–Kier alpha value is -0.220. The fraction of sp³-hybridized carbons (Fsp3) is 0.600. The second-order valence-corrected chi connectivity index (χ2v) is 11.9. The number of fused-ring (bicyclic) bond motifs is 1. The minimum atomic E-state index is -2.36. The van der Waals surface area contributed by atoms with Crippen LogP contribution in [-0.4, -0.2) is 18.0 Å². The number of hydrogen-bond donors (Lipinski definition) is 0. The molecule has 21 heavy (non-hydrogen) atoms. The van der Waals surface area contributed by atoms with Crippen molar-refractivity contribution in [3.05, 3.63) is 23.8 Å². The van der Waals surface area contributed by atoms with Crippen LogP contribution in [0.5, 0.6) is 11.5 Å². The van der Waals surface area contributed by atoms with Crippen molar-refractivity contribution in [3.8, 4) is 11.5 Å². The Kier molecular flexibility index (Phi) is 5.64. The van der Waals surface area contributed by atoms with Crippen LogP contribution in [0.15, 0.2) is 18.2 Å². The quantitative estimate of drug-likeness (QED) is 0.634. The second-order valence-electron chi connectivity index (χ2n) is 5.57. The molecular formula is C15H23O3PS2. The summed E-state index contributed by atoms with van der Waals surface area (Å²) < 4.78 is 17.9. The predicted octanol–water partition coefficient (Wildman–Crippen LogP) is 5.18. The summed E-state index contributed by atoms with van der Waals surface area (Å²) in [6.45, 7) is 8.81. The Morgan fingerprint density at radius 2 is 2.14 bits per heavy atom. The minimum Gasteiger partial charge on any atom is -0.483 e. The molecule has 1 aliphatic rings. The molecule has 6 heteroatoms. The molecule has 1 aromatic carbocycles. The average Bonchev–Trinajstić information content (AvgIpc) is 2.72. The summed E-state index contributed by atoms with van der Waals surface area (Å²) in [5.74, 6) is 2.49. The zero-order valence-corrected chi connectivity index (χ0v) is 15.6. The Morgan fingerprint density at radius 1 is 1.38 bits per heavy atom.